The van der Waals surface area contributed by atoms with Crippen molar-refractivity contribution >= 4 is 33.4 Å². The fourth-order valence-electron chi connectivity index (χ4n) is 6.56. The van der Waals surface area contributed by atoms with Crippen molar-refractivity contribution in [3.8, 4) is 22.6 Å². The normalized spacial score (nSPS) is 17.2. The van der Waals surface area contributed by atoms with Gasteiger partial charge in [-0.1, -0.05) is 0 Å². The minimum atomic E-state index is -0.460. The number of benzene rings is 3. The highest BCUT2D eigenvalue weighted by Gasteiger charge is 2.30. The Kier molecular flexibility index (Phi) is 7.49. The molecule has 2 saturated heterocycles. The number of hydrogen-bond donors (Lipinski definition) is 1. The lowest BCUT2D eigenvalue weighted by Gasteiger charge is -2.36. The molecule has 0 aliphatic carbocycles. The van der Waals surface area contributed by atoms with Gasteiger partial charge in [-0.15, -0.1) is 0 Å². The van der Waals surface area contributed by atoms with Crippen LogP contribution in [0.25, 0.3) is 44.5 Å². The second-order valence-electron chi connectivity index (χ2n) is 12.1. The van der Waals surface area contributed by atoms with Crippen LogP contribution in [0.1, 0.15) is 18.2 Å². The summed E-state index contributed by atoms with van der Waals surface area (Å²) in [6, 6.07) is 18.2. The van der Waals surface area contributed by atoms with Gasteiger partial charge in [0, 0.05) is 72.4 Å². The molecule has 6 aromatic rings. The lowest BCUT2D eigenvalue weighted by molar-refractivity contribution is -0.132. The molecular weight excluding hydrogens is 600 g/mol. The van der Waals surface area contributed by atoms with Crippen LogP contribution in [-0.2, 0) is 4.79 Å². The average Bonchev–Trinajstić information content (AvgIpc) is 3.75. The maximum atomic E-state index is 13.5. The molecule has 3 aromatic heterocycles. The van der Waals surface area contributed by atoms with Crippen LogP contribution in [0.15, 0.2) is 79.3 Å². The van der Waals surface area contributed by atoms with E-state index in [1.165, 1.54) is 12.1 Å². The van der Waals surface area contributed by atoms with Crippen molar-refractivity contribution in [1.82, 2.24) is 39.9 Å². The third-order valence-corrected chi connectivity index (χ3v) is 9.14. The summed E-state index contributed by atoms with van der Waals surface area (Å²) in [7, 11) is 0. The summed E-state index contributed by atoms with van der Waals surface area (Å²) in [5, 5.41) is 9.39. The Morgan fingerprint density at radius 2 is 1.57 bits per heavy atom. The van der Waals surface area contributed by atoms with Crippen molar-refractivity contribution < 1.29 is 13.6 Å². The molecule has 1 amide bonds. The summed E-state index contributed by atoms with van der Waals surface area (Å²) in [4.78, 5) is 37.4. The SMILES string of the molecule is O=C(CN1CC[C@@H](c2ncc3cc4[nH]nc(-c5ccc(F)cc5)c4cc3n2)C1)N1CCN(c2ccc(-c3ncc(F)cn3)cc2)CC1. The summed E-state index contributed by atoms with van der Waals surface area (Å²) in [5.41, 5.74) is 5.18. The van der Waals surface area contributed by atoms with Crippen LogP contribution in [0.5, 0.6) is 0 Å². The molecule has 1 atom stereocenters. The van der Waals surface area contributed by atoms with Crippen molar-refractivity contribution in [3.05, 3.63) is 96.7 Å². The van der Waals surface area contributed by atoms with Gasteiger partial charge < -0.3 is 9.80 Å². The standard InChI is InChI=1S/C35H31F2N9O/c36-26-5-1-22(2-6-26)33-29-16-30-25(15-31(29)42-43-33)17-38-35(41-30)24-9-10-44(20-24)21-32(47)46-13-11-45(12-14-46)28-7-3-23(4-8-28)34-39-18-27(37)19-40-34/h1-8,15-19,24H,9-14,20-21H2,(H,42,43)/t24-/m1/s1. The molecule has 0 spiro atoms. The molecule has 236 valence electrons. The molecule has 10 nitrogen and oxygen atoms in total. The van der Waals surface area contributed by atoms with Gasteiger partial charge in [-0.2, -0.15) is 5.10 Å². The highest BCUT2D eigenvalue weighted by Crippen LogP contribution is 2.31. The monoisotopic (exact) mass is 631 g/mol. The average molecular weight is 632 g/mol. The Labute approximate surface area is 269 Å². The van der Waals surface area contributed by atoms with E-state index in [2.05, 4.69) is 30.0 Å². The minimum absolute atomic E-state index is 0.143. The van der Waals surface area contributed by atoms with Gasteiger partial charge in [-0.25, -0.2) is 28.7 Å². The van der Waals surface area contributed by atoms with E-state index in [-0.39, 0.29) is 17.6 Å². The fraction of sp³-hybridized carbons (Fsp3) is 0.257. The smallest absolute Gasteiger partial charge is 0.236 e. The predicted octanol–water partition coefficient (Wildman–Crippen LogP) is 5.05. The van der Waals surface area contributed by atoms with E-state index in [9.17, 15) is 13.6 Å². The second-order valence-corrected chi connectivity index (χ2v) is 12.1. The van der Waals surface area contributed by atoms with Crippen LogP contribution in [0, 0.1) is 11.6 Å². The summed E-state index contributed by atoms with van der Waals surface area (Å²) in [6.45, 7) is 4.75. The zero-order valence-corrected chi connectivity index (χ0v) is 25.5. The summed E-state index contributed by atoms with van der Waals surface area (Å²) in [5.74, 6) is 0.804. The van der Waals surface area contributed by atoms with Crippen LogP contribution in [0.4, 0.5) is 14.5 Å². The third-order valence-electron chi connectivity index (χ3n) is 9.14. The lowest BCUT2D eigenvalue weighted by Crippen LogP contribution is -2.51. The number of rotatable bonds is 6. The number of nitrogens with one attached hydrogen (secondary N) is 1. The Balaban J connectivity index is 0.879. The Hall–Kier alpha value is -5.36. The van der Waals surface area contributed by atoms with Gasteiger partial charge in [0.15, 0.2) is 11.6 Å². The molecule has 5 heterocycles. The third kappa shape index (κ3) is 5.87. The first-order valence-electron chi connectivity index (χ1n) is 15.7. The van der Waals surface area contributed by atoms with Crippen molar-refractivity contribution in [3.63, 3.8) is 0 Å². The summed E-state index contributed by atoms with van der Waals surface area (Å²) >= 11 is 0. The number of aromatic nitrogens is 6. The van der Waals surface area contributed by atoms with E-state index in [1.54, 1.807) is 12.1 Å². The van der Waals surface area contributed by atoms with Gasteiger partial charge in [-0.3, -0.25) is 14.8 Å². The van der Waals surface area contributed by atoms with Gasteiger partial charge in [-0.05, 0) is 73.6 Å². The number of hydrogen-bond acceptors (Lipinski definition) is 8. The molecular formula is C35H31F2N9O. The largest absolute Gasteiger partial charge is 0.368 e. The number of aromatic amines is 1. The number of H-pyrrole nitrogens is 1. The predicted molar refractivity (Wildman–Crippen MR) is 175 cm³/mol. The number of carbonyl (C=O) groups excluding carboxylic acids is 1. The van der Waals surface area contributed by atoms with E-state index in [4.69, 9.17) is 9.97 Å². The number of amides is 1. The molecule has 0 saturated carbocycles. The van der Waals surface area contributed by atoms with Crippen molar-refractivity contribution in [2.45, 2.75) is 12.3 Å². The van der Waals surface area contributed by atoms with E-state index in [0.717, 1.165) is 95.1 Å². The fourth-order valence-corrected chi connectivity index (χ4v) is 6.56. The minimum Gasteiger partial charge on any atom is -0.368 e. The van der Waals surface area contributed by atoms with Crippen LogP contribution < -0.4 is 4.90 Å². The number of likely N-dealkylation sites (tertiary alicyclic amines) is 1. The van der Waals surface area contributed by atoms with Crippen LogP contribution in [0.3, 0.4) is 0 Å². The van der Waals surface area contributed by atoms with Gasteiger partial charge in [0.2, 0.25) is 5.91 Å². The van der Waals surface area contributed by atoms with E-state index < -0.39 is 5.82 Å². The maximum absolute atomic E-state index is 13.5. The number of anilines is 1. The number of fused-ring (bicyclic) bond motifs is 2. The molecule has 3 aromatic carbocycles. The first-order valence-corrected chi connectivity index (χ1v) is 15.7. The second kappa shape index (κ2) is 12.1. The van der Waals surface area contributed by atoms with Crippen LogP contribution in [-0.4, -0.2) is 91.7 Å². The number of halogens is 2. The van der Waals surface area contributed by atoms with Crippen molar-refractivity contribution in [2.75, 3.05) is 50.7 Å². The molecule has 2 aliphatic rings. The quantitative estimate of drug-likeness (QED) is 0.272. The zero-order chi connectivity index (χ0) is 31.9. The van der Waals surface area contributed by atoms with E-state index in [0.29, 0.717) is 25.5 Å². The molecule has 2 aliphatic heterocycles. The highest BCUT2D eigenvalue weighted by atomic mass is 19.1. The van der Waals surface area contributed by atoms with Crippen molar-refractivity contribution in [2.24, 2.45) is 0 Å². The highest BCUT2D eigenvalue weighted by molar-refractivity contribution is 6.01. The number of nitrogens with zero attached hydrogens (tertiary/aromatic N) is 8. The van der Waals surface area contributed by atoms with Gasteiger partial charge in [0.1, 0.15) is 11.6 Å². The number of carbonyl (C=O) groups is 1. The molecule has 8 rings (SSSR count). The molecule has 47 heavy (non-hydrogen) atoms. The van der Waals surface area contributed by atoms with Gasteiger partial charge in [0.25, 0.3) is 0 Å². The molecule has 2 fully saturated rings. The first kappa shape index (κ1) is 29.1. The zero-order valence-electron chi connectivity index (χ0n) is 25.5. The van der Waals surface area contributed by atoms with E-state index >= 15 is 0 Å². The maximum Gasteiger partial charge on any atom is 0.236 e. The topological polar surface area (TPSA) is 107 Å². The van der Waals surface area contributed by atoms with Crippen LogP contribution in [0.2, 0.25) is 0 Å². The Morgan fingerprint density at radius 3 is 2.34 bits per heavy atom. The Bertz CT molecular complexity index is 2060. The summed E-state index contributed by atoms with van der Waals surface area (Å²) in [6.07, 6.45) is 5.07. The molecule has 0 unspecified atom stereocenters. The molecule has 12 heteroatoms. The van der Waals surface area contributed by atoms with Gasteiger partial charge in [0.05, 0.1) is 35.7 Å². The molecule has 0 bridgehead atoms. The van der Waals surface area contributed by atoms with Crippen LogP contribution >= 0.6 is 0 Å². The molecule has 0 radical (unpaired) electrons. The number of piperazine rings is 1. The summed E-state index contributed by atoms with van der Waals surface area (Å²) < 4.78 is 26.6. The Morgan fingerprint density at radius 1 is 0.830 bits per heavy atom. The van der Waals surface area contributed by atoms with E-state index in [1.807, 2.05) is 47.5 Å². The first-order chi connectivity index (χ1) is 23.0. The molecule has 1 N–H and O–H groups in total. The lowest BCUT2D eigenvalue weighted by atomic mass is 10.1. The van der Waals surface area contributed by atoms with Crippen molar-refractivity contribution in [1.29, 1.82) is 0 Å². The van der Waals surface area contributed by atoms with Gasteiger partial charge >= 0.3 is 0 Å².